The van der Waals surface area contributed by atoms with Crippen LogP contribution in [-0.2, 0) is 6.18 Å². The lowest BCUT2D eigenvalue weighted by Crippen LogP contribution is -2.52. The number of benzene rings is 1. The molecule has 2 atom stereocenters. The van der Waals surface area contributed by atoms with E-state index in [1.54, 1.807) is 6.92 Å². The summed E-state index contributed by atoms with van der Waals surface area (Å²) in [5.41, 5.74) is -0.413. The number of nitrogens with one attached hydrogen (secondary N) is 2. The van der Waals surface area contributed by atoms with Crippen LogP contribution >= 0.6 is 0 Å². The van der Waals surface area contributed by atoms with Crippen molar-refractivity contribution >= 4 is 5.91 Å². The van der Waals surface area contributed by atoms with Gasteiger partial charge >= 0.3 is 6.18 Å². The first kappa shape index (κ1) is 15.8. The molecule has 116 valence electrons. The van der Waals surface area contributed by atoms with Gasteiger partial charge in [-0.3, -0.25) is 4.79 Å². The molecule has 2 unspecified atom stereocenters. The Morgan fingerprint density at radius 3 is 2.76 bits per heavy atom. The van der Waals surface area contributed by atoms with Crippen molar-refractivity contribution in [3.05, 3.63) is 34.9 Å². The lowest BCUT2D eigenvalue weighted by Gasteiger charge is -2.29. The van der Waals surface area contributed by atoms with Crippen molar-refractivity contribution in [3.63, 3.8) is 0 Å². The molecule has 1 heterocycles. The SMILES string of the molecule is Cc1ccc(C(F)(F)F)cc1C(=O)NC1CCNCC1O. The van der Waals surface area contributed by atoms with Crippen molar-refractivity contribution in [1.29, 1.82) is 0 Å². The molecule has 1 saturated heterocycles. The predicted molar refractivity (Wildman–Crippen MR) is 70.9 cm³/mol. The maximum atomic E-state index is 12.7. The first-order chi connectivity index (χ1) is 9.79. The van der Waals surface area contributed by atoms with Gasteiger partial charge < -0.3 is 15.7 Å². The highest BCUT2D eigenvalue weighted by molar-refractivity contribution is 5.96. The zero-order valence-corrected chi connectivity index (χ0v) is 11.5. The van der Waals surface area contributed by atoms with Crippen molar-refractivity contribution < 1.29 is 23.1 Å². The molecule has 1 aromatic carbocycles. The van der Waals surface area contributed by atoms with Gasteiger partial charge in [-0.05, 0) is 37.6 Å². The number of alkyl halides is 3. The Kier molecular flexibility index (Phi) is 4.53. The lowest BCUT2D eigenvalue weighted by atomic mass is 10.0. The summed E-state index contributed by atoms with van der Waals surface area (Å²) in [6.07, 6.45) is -4.70. The molecule has 7 heteroatoms. The molecule has 1 aliphatic rings. The van der Waals surface area contributed by atoms with E-state index in [1.165, 1.54) is 6.07 Å². The molecule has 21 heavy (non-hydrogen) atoms. The molecule has 0 bridgehead atoms. The quantitative estimate of drug-likeness (QED) is 0.775. The summed E-state index contributed by atoms with van der Waals surface area (Å²) in [4.78, 5) is 12.1. The Hall–Kier alpha value is -1.60. The number of aliphatic hydroxyl groups excluding tert-OH is 1. The Morgan fingerprint density at radius 2 is 2.14 bits per heavy atom. The average molecular weight is 302 g/mol. The molecule has 0 aliphatic carbocycles. The normalized spacial score (nSPS) is 22.9. The molecule has 3 N–H and O–H groups in total. The summed E-state index contributed by atoms with van der Waals surface area (Å²) in [6, 6.07) is 2.62. The number of aliphatic hydroxyl groups is 1. The zero-order valence-electron chi connectivity index (χ0n) is 11.5. The van der Waals surface area contributed by atoms with Crippen molar-refractivity contribution in [2.24, 2.45) is 0 Å². The number of rotatable bonds is 2. The number of halogens is 3. The maximum Gasteiger partial charge on any atom is 0.416 e. The van der Waals surface area contributed by atoms with Crippen LogP contribution in [0.15, 0.2) is 18.2 Å². The highest BCUT2D eigenvalue weighted by atomic mass is 19.4. The second-order valence-electron chi connectivity index (χ2n) is 5.17. The monoisotopic (exact) mass is 302 g/mol. The summed E-state index contributed by atoms with van der Waals surface area (Å²) in [6.45, 7) is 2.57. The minimum absolute atomic E-state index is 0.0180. The van der Waals surface area contributed by atoms with Crippen LogP contribution in [0.5, 0.6) is 0 Å². The van der Waals surface area contributed by atoms with E-state index in [2.05, 4.69) is 10.6 Å². The number of hydrogen-bond acceptors (Lipinski definition) is 3. The smallest absolute Gasteiger partial charge is 0.390 e. The number of hydrogen-bond donors (Lipinski definition) is 3. The standard InChI is InChI=1S/C14H17F3N2O2/c1-8-2-3-9(14(15,16)17)6-10(8)13(21)19-11-4-5-18-7-12(11)20/h2-3,6,11-12,18,20H,4-5,7H2,1H3,(H,19,21). The van der Waals surface area contributed by atoms with Crippen LogP contribution in [0, 0.1) is 6.92 Å². The van der Waals surface area contributed by atoms with Gasteiger partial charge in [-0.15, -0.1) is 0 Å². The fourth-order valence-corrected chi connectivity index (χ4v) is 2.30. The van der Waals surface area contributed by atoms with Crippen LogP contribution in [0.25, 0.3) is 0 Å². The number of carbonyl (C=O) groups is 1. The van der Waals surface area contributed by atoms with Gasteiger partial charge in [0.2, 0.25) is 0 Å². The summed E-state index contributed by atoms with van der Waals surface area (Å²) < 4.78 is 38.1. The number of piperidine rings is 1. The summed E-state index contributed by atoms with van der Waals surface area (Å²) in [7, 11) is 0. The van der Waals surface area contributed by atoms with Gasteiger partial charge in [0, 0.05) is 12.1 Å². The van der Waals surface area contributed by atoms with E-state index in [9.17, 15) is 23.1 Å². The van der Waals surface area contributed by atoms with Gasteiger partial charge in [0.1, 0.15) is 0 Å². The number of carbonyl (C=O) groups excluding carboxylic acids is 1. The largest absolute Gasteiger partial charge is 0.416 e. The Labute approximate surface area is 120 Å². The minimum atomic E-state index is -4.49. The third-order valence-electron chi connectivity index (χ3n) is 3.58. The highest BCUT2D eigenvalue weighted by Crippen LogP contribution is 2.30. The molecule has 1 aliphatic heterocycles. The van der Waals surface area contributed by atoms with E-state index >= 15 is 0 Å². The Morgan fingerprint density at radius 1 is 1.43 bits per heavy atom. The van der Waals surface area contributed by atoms with Crippen LogP contribution in [0.4, 0.5) is 13.2 Å². The van der Waals surface area contributed by atoms with Crippen molar-refractivity contribution in [2.45, 2.75) is 31.7 Å². The second-order valence-corrected chi connectivity index (χ2v) is 5.17. The summed E-state index contributed by atoms with van der Waals surface area (Å²) >= 11 is 0. The van der Waals surface area contributed by atoms with E-state index < -0.39 is 29.8 Å². The molecule has 0 aromatic heterocycles. The van der Waals surface area contributed by atoms with Crippen LogP contribution in [0.2, 0.25) is 0 Å². The van der Waals surface area contributed by atoms with Crippen LogP contribution in [-0.4, -0.2) is 36.2 Å². The Bertz CT molecular complexity index is 531. The van der Waals surface area contributed by atoms with Crippen molar-refractivity contribution in [1.82, 2.24) is 10.6 Å². The molecular weight excluding hydrogens is 285 g/mol. The molecule has 4 nitrogen and oxygen atoms in total. The van der Waals surface area contributed by atoms with Crippen LogP contribution in [0.3, 0.4) is 0 Å². The first-order valence-corrected chi connectivity index (χ1v) is 6.66. The fraction of sp³-hybridized carbons (Fsp3) is 0.500. The van der Waals surface area contributed by atoms with Gasteiger partial charge in [-0.25, -0.2) is 0 Å². The molecule has 1 fully saturated rings. The van der Waals surface area contributed by atoms with Crippen LogP contribution < -0.4 is 10.6 Å². The van der Waals surface area contributed by atoms with Crippen LogP contribution in [0.1, 0.15) is 27.9 Å². The topological polar surface area (TPSA) is 61.4 Å². The first-order valence-electron chi connectivity index (χ1n) is 6.66. The third kappa shape index (κ3) is 3.74. The van der Waals surface area contributed by atoms with Crippen molar-refractivity contribution in [2.75, 3.05) is 13.1 Å². The lowest BCUT2D eigenvalue weighted by molar-refractivity contribution is -0.137. The number of β-amino-alcohol motifs (C(OH)–C–C–N with tert-alkyl or cyclic N) is 1. The number of aryl methyl sites for hydroxylation is 1. The molecule has 0 spiro atoms. The van der Waals surface area contributed by atoms with Gasteiger partial charge in [0.15, 0.2) is 0 Å². The maximum absolute atomic E-state index is 12.7. The minimum Gasteiger partial charge on any atom is -0.390 e. The van der Waals surface area contributed by atoms with Gasteiger partial charge in [0.25, 0.3) is 5.91 Å². The zero-order chi connectivity index (χ0) is 15.6. The van der Waals surface area contributed by atoms with Gasteiger partial charge in [-0.2, -0.15) is 13.2 Å². The summed E-state index contributed by atoms with van der Waals surface area (Å²) in [5.74, 6) is -0.593. The molecule has 0 saturated carbocycles. The molecule has 1 amide bonds. The van der Waals surface area contributed by atoms with Crippen molar-refractivity contribution in [3.8, 4) is 0 Å². The average Bonchev–Trinajstić information content (AvgIpc) is 2.40. The van der Waals surface area contributed by atoms with E-state index in [0.717, 1.165) is 12.1 Å². The molecule has 2 rings (SSSR count). The van der Waals surface area contributed by atoms with E-state index in [1.807, 2.05) is 0 Å². The highest BCUT2D eigenvalue weighted by Gasteiger charge is 2.32. The Balaban J connectivity index is 2.18. The second kappa shape index (κ2) is 6.03. The molecular formula is C14H17F3N2O2. The predicted octanol–water partition coefficient (Wildman–Crippen LogP) is 1.47. The van der Waals surface area contributed by atoms with E-state index in [-0.39, 0.29) is 5.56 Å². The number of amides is 1. The van der Waals surface area contributed by atoms with E-state index in [0.29, 0.717) is 25.1 Å². The summed E-state index contributed by atoms with van der Waals surface area (Å²) in [5, 5.41) is 15.3. The van der Waals surface area contributed by atoms with Gasteiger partial charge in [0.05, 0.1) is 17.7 Å². The van der Waals surface area contributed by atoms with Gasteiger partial charge in [-0.1, -0.05) is 6.07 Å². The fourth-order valence-electron chi connectivity index (χ4n) is 2.30. The third-order valence-corrected chi connectivity index (χ3v) is 3.58. The molecule has 0 radical (unpaired) electrons. The van der Waals surface area contributed by atoms with E-state index in [4.69, 9.17) is 0 Å². The molecule has 1 aromatic rings.